The lowest BCUT2D eigenvalue weighted by atomic mass is 9.91. The highest BCUT2D eigenvalue weighted by Gasteiger charge is 2.30. The van der Waals surface area contributed by atoms with E-state index in [1.54, 1.807) is 6.07 Å². The maximum Gasteiger partial charge on any atom is 0.292 e. The van der Waals surface area contributed by atoms with E-state index in [4.69, 9.17) is 16.1 Å². The molecule has 0 aliphatic heterocycles. The summed E-state index contributed by atoms with van der Waals surface area (Å²) in [5, 5.41) is 3.75. The lowest BCUT2D eigenvalue weighted by Crippen LogP contribution is -2.44. The van der Waals surface area contributed by atoms with Gasteiger partial charge in [0.2, 0.25) is 5.76 Å². The molecular weight excluding hydrogens is 240 g/mol. The van der Waals surface area contributed by atoms with E-state index in [1.165, 1.54) is 6.42 Å². The van der Waals surface area contributed by atoms with Gasteiger partial charge in [-0.2, -0.15) is 0 Å². The van der Waals surface area contributed by atoms with Gasteiger partial charge in [-0.1, -0.05) is 5.16 Å². The molecule has 1 aliphatic carbocycles. The monoisotopic (exact) mass is 256 g/mol. The summed E-state index contributed by atoms with van der Waals surface area (Å²) in [5.41, 5.74) is 0.735. The Morgan fingerprint density at radius 1 is 1.65 bits per heavy atom. The summed E-state index contributed by atoms with van der Waals surface area (Å²) in [6.45, 7) is 2.51. The van der Waals surface area contributed by atoms with Crippen LogP contribution in [0.3, 0.4) is 0 Å². The van der Waals surface area contributed by atoms with Gasteiger partial charge in [-0.25, -0.2) is 0 Å². The van der Waals surface area contributed by atoms with Gasteiger partial charge in [-0.05, 0) is 32.6 Å². The Kier molecular flexibility index (Phi) is 4.05. The molecule has 1 amide bonds. The molecular formula is C12H17ClN2O2. The van der Waals surface area contributed by atoms with Gasteiger partial charge in [0.1, 0.15) is 0 Å². The molecule has 1 aromatic rings. The molecule has 0 saturated heterocycles. The third-order valence-corrected chi connectivity index (χ3v) is 3.41. The summed E-state index contributed by atoms with van der Waals surface area (Å²) >= 11 is 5.69. The van der Waals surface area contributed by atoms with E-state index in [-0.39, 0.29) is 5.91 Å². The maximum atomic E-state index is 12.2. The molecule has 0 unspecified atom stereocenters. The highest BCUT2D eigenvalue weighted by Crippen LogP contribution is 2.26. The third-order valence-electron chi connectivity index (χ3n) is 3.15. The van der Waals surface area contributed by atoms with Gasteiger partial charge >= 0.3 is 0 Å². The smallest absolute Gasteiger partial charge is 0.292 e. The van der Waals surface area contributed by atoms with Crippen LogP contribution >= 0.6 is 11.6 Å². The quantitative estimate of drug-likeness (QED) is 0.761. The van der Waals surface area contributed by atoms with Crippen LogP contribution in [-0.2, 0) is 0 Å². The minimum atomic E-state index is -0.0552. The van der Waals surface area contributed by atoms with Crippen molar-refractivity contribution < 1.29 is 9.32 Å². The molecule has 0 spiro atoms. The molecule has 94 valence electrons. The SMILES string of the molecule is Cc1cc(C(=O)N(CCCCl)C2CCC2)on1. The van der Waals surface area contributed by atoms with Crippen molar-refractivity contribution in [3.05, 3.63) is 17.5 Å². The van der Waals surface area contributed by atoms with E-state index in [1.807, 2.05) is 11.8 Å². The van der Waals surface area contributed by atoms with Crippen LogP contribution in [0.1, 0.15) is 41.9 Å². The molecule has 17 heavy (non-hydrogen) atoms. The van der Waals surface area contributed by atoms with E-state index in [0.29, 0.717) is 24.2 Å². The number of nitrogens with zero attached hydrogens (tertiary/aromatic N) is 2. The first-order valence-electron chi connectivity index (χ1n) is 6.02. The normalized spacial score (nSPS) is 15.6. The van der Waals surface area contributed by atoms with Crippen molar-refractivity contribution in [2.24, 2.45) is 0 Å². The Hall–Kier alpha value is -1.03. The fraction of sp³-hybridized carbons (Fsp3) is 0.667. The minimum absolute atomic E-state index is 0.0552. The standard InChI is InChI=1S/C12H17ClN2O2/c1-9-8-11(17-14-9)12(16)15(7-3-6-13)10-4-2-5-10/h8,10H,2-7H2,1H3. The van der Waals surface area contributed by atoms with E-state index < -0.39 is 0 Å². The molecule has 0 N–H and O–H groups in total. The molecule has 0 atom stereocenters. The summed E-state index contributed by atoms with van der Waals surface area (Å²) < 4.78 is 5.03. The Bertz CT molecular complexity index is 388. The van der Waals surface area contributed by atoms with E-state index in [0.717, 1.165) is 25.0 Å². The van der Waals surface area contributed by atoms with Gasteiger partial charge in [0.05, 0.1) is 5.69 Å². The van der Waals surface area contributed by atoms with Crippen molar-refractivity contribution in [2.75, 3.05) is 12.4 Å². The van der Waals surface area contributed by atoms with Crippen molar-refractivity contribution in [1.82, 2.24) is 10.1 Å². The first-order valence-corrected chi connectivity index (χ1v) is 6.56. The van der Waals surface area contributed by atoms with Crippen LogP contribution < -0.4 is 0 Å². The fourth-order valence-electron chi connectivity index (χ4n) is 1.98. The molecule has 4 nitrogen and oxygen atoms in total. The average Bonchev–Trinajstić information content (AvgIpc) is 2.67. The Balaban J connectivity index is 2.06. The van der Waals surface area contributed by atoms with Crippen molar-refractivity contribution in [3.8, 4) is 0 Å². The number of aromatic nitrogens is 1. The summed E-state index contributed by atoms with van der Waals surface area (Å²) in [6.07, 6.45) is 4.18. The van der Waals surface area contributed by atoms with Gasteiger partial charge in [0, 0.05) is 24.5 Å². The second-order valence-corrected chi connectivity index (χ2v) is 4.84. The Labute approximate surface area is 106 Å². The number of hydrogen-bond donors (Lipinski definition) is 0. The van der Waals surface area contributed by atoms with Crippen LogP contribution in [-0.4, -0.2) is 34.4 Å². The molecule has 0 aromatic carbocycles. The average molecular weight is 257 g/mol. The van der Waals surface area contributed by atoms with Crippen molar-refractivity contribution in [2.45, 2.75) is 38.6 Å². The number of aryl methyl sites for hydroxylation is 1. The number of rotatable bonds is 5. The van der Waals surface area contributed by atoms with Crippen LogP contribution in [0.4, 0.5) is 0 Å². The third kappa shape index (κ3) is 2.80. The largest absolute Gasteiger partial charge is 0.351 e. The predicted molar refractivity (Wildman–Crippen MR) is 65.3 cm³/mol. The van der Waals surface area contributed by atoms with Crippen LogP contribution in [0, 0.1) is 6.92 Å². The molecule has 1 heterocycles. The lowest BCUT2D eigenvalue weighted by molar-refractivity contribution is 0.0539. The first kappa shape index (κ1) is 12.4. The van der Waals surface area contributed by atoms with Gasteiger partial charge in [0.25, 0.3) is 5.91 Å². The number of hydrogen-bond acceptors (Lipinski definition) is 3. The van der Waals surface area contributed by atoms with Crippen molar-refractivity contribution >= 4 is 17.5 Å². The molecule has 1 aliphatic rings. The van der Waals surface area contributed by atoms with Crippen LogP contribution in [0.5, 0.6) is 0 Å². The Morgan fingerprint density at radius 2 is 2.41 bits per heavy atom. The molecule has 1 saturated carbocycles. The van der Waals surface area contributed by atoms with Crippen molar-refractivity contribution in [3.63, 3.8) is 0 Å². The summed E-state index contributed by atoms with van der Waals surface area (Å²) in [4.78, 5) is 14.1. The van der Waals surface area contributed by atoms with Gasteiger partial charge in [-0.3, -0.25) is 4.79 Å². The zero-order chi connectivity index (χ0) is 12.3. The molecule has 1 fully saturated rings. The van der Waals surface area contributed by atoms with Crippen molar-refractivity contribution in [1.29, 1.82) is 0 Å². The first-order chi connectivity index (χ1) is 8.22. The van der Waals surface area contributed by atoms with Gasteiger partial charge in [0.15, 0.2) is 0 Å². The second-order valence-electron chi connectivity index (χ2n) is 4.46. The maximum absolute atomic E-state index is 12.2. The van der Waals surface area contributed by atoms with Crippen LogP contribution in [0.25, 0.3) is 0 Å². The number of amides is 1. The fourth-order valence-corrected chi connectivity index (χ4v) is 2.10. The second kappa shape index (κ2) is 5.54. The van der Waals surface area contributed by atoms with E-state index >= 15 is 0 Å². The summed E-state index contributed by atoms with van der Waals surface area (Å²) in [7, 11) is 0. The van der Waals surface area contributed by atoms with Crippen LogP contribution in [0.2, 0.25) is 0 Å². The highest BCUT2D eigenvalue weighted by atomic mass is 35.5. The van der Waals surface area contributed by atoms with E-state index in [9.17, 15) is 4.79 Å². The Morgan fingerprint density at radius 3 is 2.88 bits per heavy atom. The number of alkyl halides is 1. The molecule has 2 rings (SSSR count). The highest BCUT2D eigenvalue weighted by molar-refractivity contribution is 6.17. The van der Waals surface area contributed by atoms with E-state index in [2.05, 4.69) is 5.16 Å². The lowest BCUT2D eigenvalue weighted by Gasteiger charge is -2.36. The molecule has 0 bridgehead atoms. The number of carbonyl (C=O) groups is 1. The van der Waals surface area contributed by atoms with Crippen LogP contribution in [0.15, 0.2) is 10.6 Å². The van der Waals surface area contributed by atoms with Gasteiger partial charge in [-0.15, -0.1) is 11.6 Å². The molecule has 5 heteroatoms. The summed E-state index contributed by atoms with van der Waals surface area (Å²) in [5.74, 6) is 0.857. The number of halogens is 1. The zero-order valence-corrected chi connectivity index (χ0v) is 10.7. The topological polar surface area (TPSA) is 46.3 Å². The summed E-state index contributed by atoms with van der Waals surface area (Å²) in [6, 6.07) is 2.05. The molecule has 0 radical (unpaired) electrons. The minimum Gasteiger partial charge on any atom is -0.351 e. The predicted octanol–water partition coefficient (Wildman–Crippen LogP) is 2.61. The number of carbonyl (C=O) groups excluding carboxylic acids is 1. The molecule has 1 aromatic heterocycles. The van der Waals surface area contributed by atoms with Gasteiger partial charge < -0.3 is 9.42 Å². The zero-order valence-electron chi connectivity index (χ0n) is 9.99.